The van der Waals surface area contributed by atoms with Gasteiger partial charge in [-0.15, -0.1) is 0 Å². The molecule has 0 aliphatic heterocycles. The van der Waals surface area contributed by atoms with E-state index in [0.29, 0.717) is 0 Å². The largest absolute Gasteiger partial charge is 0.399 e. The molecule has 0 fully saturated rings. The molecule has 2 aromatic rings. The van der Waals surface area contributed by atoms with Crippen molar-refractivity contribution < 1.29 is 0 Å². The molecule has 16 heavy (non-hydrogen) atoms. The number of nitrogens with two attached hydrogens (primary N) is 1. The first-order valence-electron chi connectivity index (χ1n) is 5.47. The van der Waals surface area contributed by atoms with Gasteiger partial charge in [0.15, 0.2) is 0 Å². The SMILES string of the molecule is C[C](C)Cn1cccc1-c1ccc(N)cc1. The van der Waals surface area contributed by atoms with Gasteiger partial charge in [-0.05, 0) is 35.7 Å². The van der Waals surface area contributed by atoms with Gasteiger partial charge in [0.1, 0.15) is 0 Å². The quantitative estimate of drug-likeness (QED) is 0.779. The molecular formula is C14H17N2. The molecule has 0 amide bonds. The van der Waals surface area contributed by atoms with E-state index >= 15 is 0 Å². The van der Waals surface area contributed by atoms with Crippen LogP contribution in [0.2, 0.25) is 0 Å². The summed E-state index contributed by atoms with van der Waals surface area (Å²) in [5.74, 6) is 1.40. The zero-order valence-electron chi connectivity index (χ0n) is 9.77. The Morgan fingerprint density at radius 3 is 2.44 bits per heavy atom. The van der Waals surface area contributed by atoms with Crippen molar-refractivity contribution in [1.82, 2.24) is 4.57 Å². The highest BCUT2D eigenvalue weighted by molar-refractivity contribution is 5.62. The first kappa shape index (κ1) is 10.8. The number of benzene rings is 1. The van der Waals surface area contributed by atoms with Gasteiger partial charge in [-0.3, -0.25) is 0 Å². The molecule has 0 saturated carbocycles. The number of rotatable bonds is 3. The minimum Gasteiger partial charge on any atom is -0.399 e. The van der Waals surface area contributed by atoms with Gasteiger partial charge in [-0.25, -0.2) is 0 Å². The highest BCUT2D eigenvalue weighted by Gasteiger charge is 2.05. The van der Waals surface area contributed by atoms with Crippen LogP contribution in [-0.4, -0.2) is 4.57 Å². The van der Waals surface area contributed by atoms with E-state index < -0.39 is 0 Å². The van der Waals surface area contributed by atoms with Crippen LogP contribution < -0.4 is 5.73 Å². The molecule has 1 heterocycles. The van der Waals surface area contributed by atoms with Crippen LogP contribution in [0.5, 0.6) is 0 Å². The summed E-state index contributed by atoms with van der Waals surface area (Å²) in [4.78, 5) is 0. The van der Waals surface area contributed by atoms with E-state index in [4.69, 9.17) is 5.73 Å². The lowest BCUT2D eigenvalue weighted by Crippen LogP contribution is -2.02. The van der Waals surface area contributed by atoms with Crippen LogP contribution in [0.3, 0.4) is 0 Å². The molecule has 2 nitrogen and oxygen atoms in total. The molecule has 0 unspecified atom stereocenters. The first-order valence-corrected chi connectivity index (χ1v) is 5.47. The fraction of sp³-hybridized carbons (Fsp3) is 0.214. The van der Waals surface area contributed by atoms with E-state index in [0.717, 1.165) is 12.2 Å². The highest BCUT2D eigenvalue weighted by atomic mass is 15.0. The van der Waals surface area contributed by atoms with Gasteiger partial charge in [-0.2, -0.15) is 0 Å². The van der Waals surface area contributed by atoms with Crippen LogP contribution >= 0.6 is 0 Å². The second kappa shape index (κ2) is 4.44. The van der Waals surface area contributed by atoms with Crippen LogP contribution in [0.15, 0.2) is 42.6 Å². The smallest absolute Gasteiger partial charge is 0.0480 e. The van der Waals surface area contributed by atoms with Gasteiger partial charge in [0, 0.05) is 24.1 Å². The molecule has 2 rings (SSSR count). The normalized spacial score (nSPS) is 10.9. The Hall–Kier alpha value is -1.70. The van der Waals surface area contributed by atoms with Crippen molar-refractivity contribution >= 4 is 5.69 Å². The summed E-state index contributed by atoms with van der Waals surface area (Å²) in [5.41, 5.74) is 8.94. The summed E-state index contributed by atoms with van der Waals surface area (Å²) in [6, 6.07) is 12.2. The van der Waals surface area contributed by atoms with E-state index in [2.05, 4.69) is 48.9 Å². The maximum Gasteiger partial charge on any atom is 0.0480 e. The summed E-state index contributed by atoms with van der Waals surface area (Å²) in [7, 11) is 0. The number of nitrogen functional groups attached to an aromatic ring is 1. The monoisotopic (exact) mass is 213 g/mol. The fourth-order valence-corrected chi connectivity index (χ4v) is 1.81. The summed E-state index contributed by atoms with van der Waals surface area (Å²) in [5, 5.41) is 0. The molecule has 1 aromatic heterocycles. The Morgan fingerprint density at radius 1 is 1.12 bits per heavy atom. The molecule has 83 valence electrons. The Kier molecular flexibility index (Phi) is 3.00. The summed E-state index contributed by atoms with van der Waals surface area (Å²) >= 11 is 0. The van der Waals surface area contributed by atoms with Gasteiger partial charge < -0.3 is 10.3 Å². The predicted molar refractivity (Wildman–Crippen MR) is 68.9 cm³/mol. The van der Waals surface area contributed by atoms with Crippen LogP contribution in [0.25, 0.3) is 11.3 Å². The number of hydrogen-bond acceptors (Lipinski definition) is 1. The molecule has 0 aliphatic rings. The fourth-order valence-electron chi connectivity index (χ4n) is 1.81. The second-order valence-electron chi connectivity index (χ2n) is 4.35. The number of aromatic nitrogens is 1. The maximum atomic E-state index is 5.69. The Labute approximate surface area is 96.7 Å². The minimum absolute atomic E-state index is 0.806. The Balaban J connectivity index is 2.33. The van der Waals surface area contributed by atoms with Gasteiger partial charge in [0.25, 0.3) is 0 Å². The lowest BCUT2D eigenvalue weighted by Gasteiger charge is -2.11. The van der Waals surface area contributed by atoms with Crippen molar-refractivity contribution in [2.75, 3.05) is 5.73 Å². The Bertz CT molecular complexity index is 452. The van der Waals surface area contributed by atoms with Gasteiger partial charge in [-0.1, -0.05) is 26.0 Å². The zero-order valence-corrected chi connectivity index (χ0v) is 9.77. The molecule has 1 radical (unpaired) electrons. The number of anilines is 1. The van der Waals surface area contributed by atoms with Crippen LogP contribution in [0.1, 0.15) is 13.8 Å². The average molecular weight is 213 g/mol. The van der Waals surface area contributed by atoms with E-state index in [1.165, 1.54) is 17.2 Å². The summed E-state index contributed by atoms with van der Waals surface area (Å²) in [6.07, 6.45) is 2.11. The van der Waals surface area contributed by atoms with Crippen molar-refractivity contribution in [3.63, 3.8) is 0 Å². The third kappa shape index (κ3) is 2.27. The molecule has 0 atom stereocenters. The van der Waals surface area contributed by atoms with Gasteiger partial charge >= 0.3 is 0 Å². The lowest BCUT2D eigenvalue weighted by atomic mass is 10.1. The van der Waals surface area contributed by atoms with Crippen molar-refractivity contribution in [2.24, 2.45) is 0 Å². The van der Waals surface area contributed by atoms with Gasteiger partial charge in [0.05, 0.1) is 0 Å². The molecule has 1 aromatic carbocycles. The van der Waals surface area contributed by atoms with E-state index in [9.17, 15) is 0 Å². The topological polar surface area (TPSA) is 30.9 Å². The van der Waals surface area contributed by atoms with Crippen LogP contribution in [-0.2, 0) is 6.54 Å². The van der Waals surface area contributed by atoms with Crippen molar-refractivity contribution in [2.45, 2.75) is 20.4 Å². The highest BCUT2D eigenvalue weighted by Crippen LogP contribution is 2.22. The third-order valence-electron chi connectivity index (χ3n) is 2.52. The molecule has 0 spiro atoms. The van der Waals surface area contributed by atoms with Crippen molar-refractivity contribution in [3.8, 4) is 11.3 Å². The van der Waals surface area contributed by atoms with E-state index in [1.54, 1.807) is 0 Å². The van der Waals surface area contributed by atoms with E-state index in [-0.39, 0.29) is 0 Å². The van der Waals surface area contributed by atoms with Crippen LogP contribution in [0.4, 0.5) is 5.69 Å². The van der Waals surface area contributed by atoms with Crippen LogP contribution in [0, 0.1) is 5.92 Å². The number of hydrogen-bond donors (Lipinski definition) is 1. The Morgan fingerprint density at radius 2 is 1.81 bits per heavy atom. The standard InChI is InChI=1S/C14H17N2/c1-11(2)10-16-9-3-4-14(16)12-5-7-13(15)8-6-12/h3-9H,10,15H2,1-2H3. The average Bonchev–Trinajstić information content (AvgIpc) is 2.66. The molecular weight excluding hydrogens is 196 g/mol. The molecule has 0 aliphatic carbocycles. The minimum atomic E-state index is 0.806. The molecule has 0 bridgehead atoms. The maximum absolute atomic E-state index is 5.69. The molecule has 0 saturated heterocycles. The molecule has 2 N–H and O–H groups in total. The third-order valence-corrected chi connectivity index (χ3v) is 2.52. The first-order chi connectivity index (χ1) is 7.66. The summed E-state index contributed by atoms with van der Waals surface area (Å²) < 4.78 is 2.25. The van der Waals surface area contributed by atoms with Crippen molar-refractivity contribution in [1.29, 1.82) is 0 Å². The predicted octanol–water partition coefficient (Wildman–Crippen LogP) is 3.35. The van der Waals surface area contributed by atoms with E-state index in [1.807, 2.05) is 12.1 Å². The van der Waals surface area contributed by atoms with Gasteiger partial charge in [0.2, 0.25) is 0 Å². The lowest BCUT2D eigenvalue weighted by molar-refractivity contribution is 0.723. The molecule has 2 heteroatoms. The second-order valence-corrected chi connectivity index (χ2v) is 4.35. The zero-order chi connectivity index (χ0) is 11.5. The number of nitrogens with zero attached hydrogens (tertiary/aromatic N) is 1. The summed E-state index contributed by atoms with van der Waals surface area (Å²) in [6.45, 7) is 5.26. The van der Waals surface area contributed by atoms with Crippen molar-refractivity contribution in [3.05, 3.63) is 48.5 Å².